The molecule has 0 radical (unpaired) electrons. The Labute approximate surface area is 122 Å². The van der Waals surface area contributed by atoms with Gasteiger partial charge in [-0.1, -0.05) is 42.5 Å². The van der Waals surface area contributed by atoms with Crippen LogP contribution in [-0.4, -0.2) is 20.2 Å². The Morgan fingerprint density at radius 1 is 0.857 bits per heavy atom. The second-order valence-electron chi connectivity index (χ2n) is 4.78. The van der Waals surface area contributed by atoms with Crippen LogP contribution in [0.2, 0.25) is 0 Å². The molecule has 1 aliphatic carbocycles. The van der Waals surface area contributed by atoms with E-state index in [2.05, 4.69) is 0 Å². The lowest BCUT2D eigenvalue weighted by atomic mass is 9.93. The average molecular weight is 299 g/mol. The lowest BCUT2D eigenvalue weighted by Crippen LogP contribution is -2.33. The normalized spacial score (nSPS) is 18.0. The molecule has 1 atom stereocenters. The molecule has 0 saturated heterocycles. The number of benzene rings is 2. The first-order chi connectivity index (χ1) is 10.0. The molecule has 1 aliphatic rings. The topological polar surface area (TPSA) is 77.2 Å². The first-order valence-electron chi connectivity index (χ1n) is 6.43. The van der Waals surface area contributed by atoms with E-state index < -0.39 is 15.9 Å². The van der Waals surface area contributed by atoms with E-state index in [-0.39, 0.29) is 15.6 Å². The molecule has 3 rings (SSSR count). The zero-order chi connectivity index (χ0) is 15.0. The highest BCUT2D eigenvalue weighted by molar-refractivity contribution is 8.00. The van der Waals surface area contributed by atoms with Crippen LogP contribution in [0.5, 0.6) is 0 Å². The number of Topliss-reactive ketones (excluding diaryl/α,β-unsaturated/α-hetero) is 1. The zero-order valence-electron chi connectivity index (χ0n) is 11.1. The van der Waals surface area contributed by atoms with E-state index in [1.165, 1.54) is 18.2 Å². The van der Waals surface area contributed by atoms with Crippen molar-refractivity contribution in [2.75, 3.05) is 0 Å². The maximum Gasteiger partial charge on any atom is 0.206 e. The molecular weight excluding hydrogens is 286 g/mol. The van der Waals surface area contributed by atoms with Crippen molar-refractivity contribution in [2.24, 2.45) is 5.73 Å². The highest BCUT2D eigenvalue weighted by atomic mass is 32.2. The molecule has 21 heavy (non-hydrogen) atoms. The quantitative estimate of drug-likeness (QED) is 0.920. The molecule has 106 valence electrons. The summed E-state index contributed by atoms with van der Waals surface area (Å²) in [6, 6.07) is 13.8. The van der Waals surface area contributed by atoms with Gasteiger partial charge in [-0.3, -0.25) is 4.79 Å². The van der Waals surface area contributed by atoms with Crippen molar-refractivity contribution in [2.45, 2.75) is 10.9 Å². The monoisotopic (exact) mass is 299 g/mol. The number of ketones is 1. The number of fused-ring (bicyclic) bond motifs is 1. The summed E-state index contributed by atoms with van der Waals surface area (Å²) in [4.78, 5) is 12.3. The summed E-state index contributed by atoms with van der Waals surface area (Å²) in [5, 5.41) is 0. The van der Waals surface area contributed by atoms with Gasteiger partial charge in [-0.15, -0.1) is 0 Å². The SMILES string of the molecule is NC1C=C(S(=O)(=O)c2ccccc2)c2ccccc2C1=O. The Balaban J connectivity index is 2.23. The molecule has 2 N–H and O–H groups in total. The Hall–Kier alpha value is -2.24. The summed E-state index contributed by atoms with van der Waals surface area (Å²) < 4.78 is 25.5. The maximum absolute atomic E-state index is 12.8. The minimum Gasteiger partial charge on any atom is -0.318 e. The largest absolute Gasteiger partial charge is 0.318 e. The number of rotatable bonds is 2. The molecule has 0 amide bonds. The van der Waals surface area contributed by atoms with Crippen molar-refractivity contribution in [3.8, 4) is 0 Å². The van der Waals surface area contributed by atoms with Gasteiger partial charge in [0.05, 0.1) is 15.8 Å². The molecule has 5 heteroatoms. The molecule has 0 fully saturated rings. The third-order valence-electron chi connectivity index (χ3n) is 3.43. The minimum atomic E-state index is -3.70. The van der Waals surface area contributed by atoms with E-state index >= 15 is 0 Å². The predicted molar refractivity (Wildman–Crippen MR) is 80.4 cm³/mol. The Bertz CT molecular complexity index is 839. The second-order valence-corrected chi connectivity index (χ2v) is 6.70. The van der Waals surface area contributed by atoms with Crippen LogP contribution >= 0.6 is 0 Å². The zero-order valence-corrected chi connectivity index (χ0v) is 11.9. The van der Waals surface area contributed by atoms with Crippen LogP contribution in [0, 0.1) is 0 Å². The molecule has 1 unspecified atom stereocenters. The fourth-order valence-electron chi connectivity index (χ4n) is 2.38. The predicted octanol–water partition coefficient (Wildman–Crippen LogP) is 2.03. The van der Waals surface area contributed by atoms with E-state index in [9.17, 15) is 13.2 Å². The van der Waals surface area contributed by atoms with Crippen molar-refractivity contribution in [3.63, 3.8) is 0 Å². The summed E-state index contributed by atoms with van der Waals surface area (Å²) in [6.45, 7) is 0. The van der Waals surface area contributed by atoms with Gasteiger partial charge in [-0.05, 0) is 18.2 Å². The van der Waals surface area contributed by atoms with Crippen LogP contribution in [-0.2, 0) is 9.84 Å². The van der Waals surface area contributed by atoms with E-state index in [1.807, 2.05) is 0 Å². The standard InChI is InChI=1S/C16H13NO3S/c17-14-10-15(12-8-4-5-9-13(12)16(14)18)21(19,20)11-6-2-1-3-7-11/h1-10,14H,17H2. The van der Waals surface area contributed by atoms with Gasteiger partial charge in [0.2, 0.25) is 9.84 Å². The van der Waals surface area contributed by atoms with E-state index in [1.54, 1.807) is 42.5 Å². The van der Waals surface area contributed by atoms with Crippen LogP contribution in [0.3, 0.4) is 0 Å². The summed E-state index contributed by atoms with van der Waals surface area (Å²) in [6.07, 6.45) is 1.33. The number of hydrogen-bond acceptors (Lipinski definition) is 4. The lowest BCUT2D eigenvalue weighted by molar-refractivity contribution is 0.0976. The van der Waals surface area contributed by atoms with E-state index in [0.29, 0.717) is 11.1 Å². The van der Waals surface area contributed by atoms with Crippen molar-refractivity contribution in [1.29, 1.82) is 0 Å². The van der Waals surface area contributed by atoms with Crippen molar-refractivity contribution in [3.05, 3.63) is 71.8 Å². The molecule has 0 aromatic heterocycles. The van der Waals surface area contributed by atoms with Gasteiger partial charge in [-0.25, -0.2) is 8.42 Å². The van der Waals surface area contributed by atoms with Crippen LogP contribution in [0.4, 0.5) is 0 Å². The van der Waals surface area contributed by atoms with Crippen molar-refractivity contribution < 1.29 is 13.2 Å². The fourth-order valence-corrected chi connectivity index (χ4v) is 3.94. The van der Waals surface area contributed by atoms with Gasteiger partial charge in [0, 0.05) is 11.1 Å². The van der Waals surface area contributed by atoms with Gasteiger partial charge >= 0.3 is 0 Å². The second kappa shape index (κ2) is 4.95. The highest BCUT2D eigenvalue weighted by Crippen LogP contribution is 2.33. The number of carbonyl (C=O) groups is 1. The molecule has 0 saturated carbocycles. The first kappa shape index (κ1) is 13.7. The minimum absolute atomic E-state index is 0.0939. The molecule has 4 nitrogen and oxygen atoms in total. The van der Waals surface area contributed by atoms with E-state index in [0.717, 1.165) is 0 Å². The van der Waals surface area contributed by atoms with Crippen LogP contribution in [0.25, 0.3) is 4.91 Å². The summed E-state index contributed by atoms with van der Waals surface area (Å²) >= 11 is 0. The van der Waals surface area contributed by atoms with E-state index in [4.69, 9.17) is 5.73 Å². The maximum atomic E-state index is 12.8. The third-order valence-corrected chi connectivity index (χ3v) is 5.26. The fraction of sp³-hybridized carbons (Fsp3) is 0.0625. The molecule has 0 aliphatic heterocycles. The lowest BCUT2D eigenvalue weighted by Gasteiger charge is -2.20. The van der Waals surface area contributed by atoms with Gasteiger partial charge in [0.1, 0.15) is 0 Å². The molecule has 2 aromatic carbocycles. The van der Waals surface area contributed by atoms with Gasteiger partial charge in [0.15, 0.2) is 5.78 Å². The Kier molecular flexibility index (Phi) is 3.23. The molecule has 0 heterocycles. The Morgan fingerprint density at radius 2 is 1.43 bits per heavy atom. The first-order valence-corrected chi connectivity index (χ1v) is 7.91. The van der Waals surface area contributed by atoms with Crippen LogP contribution < -0.4 is 5.73 Å². The molecule has 2 aromatic rings. The smallest absolute Gasteiger partial charge is 0.206 e. The number of sulfone groups is 1. The van der Waals surface area contributed by atoms with Gasteiger partial charge in [0.25, 0.3) is 0 Å². The van der Waals surface area contributed by atoms with Gasteiger partial charge < -0.3 is 5.73 Å². The van der Waals surface area contributed by atoms with Crippen LogP contribution in [0.15, 0.2) is 65.6 Å². The molecule has 0 spiro atoms. The van der Waals surface area contributed by atoms with Crippen molar-refractivity contribution in [1.82, 2.24) is 0 Å². The summed E-state index contributed by atoms with van der Waals surface area (Å²) in [5.74, 6) is -0.266. The third kappa shape index (κ3) is 2.20. The highest BCUT2D eigenvalue weighted by Gasteiger charge is 2.32. The number of hydrogen-bond donors (Lipinski definition) is 1. The Morgan fingerprint density at radius 3 is 2.10 bits per heavy atom. The van der Waals surface area contributed by atoms with Crippen molar-refractivity contribution >= 4 is 20.5 Å². The summed E-state index contributed by atoms with van der Waals surface area (Å²) in [7, 11) is -3.70. The number of nitrogens with two attached hydrogens (primary N) is 1. The van der Waals surface area contributed by atoms with Crippen LogP contribution in [0.1, 0.15) is 15.9 Å². The summed E-state index contributed by atoms with van der Waals surface area (Å²) in [5.41, 5.74) is 6.53. The number of carbonyl (C=O) groups excluding carboxylic acids is 1. The average Bonchev–Trinajstić information content (AvgIpc) is 2.51. The molecule has 0 bridgehead atoms. The van der Waals surface area contributed by atoms with Gasteiger partial charge in [-0.2, -0.15) is 0 Å². The molecular formula is C16H13NO3S.